The number of nitrogens with one attached hydrogen (secondary N) is 1. The van der Waals surface area contributed by atoms with Crippen molar-refractivity contribution in [3.63, 3.8) is 0 Å². The lowest BCUT2D eigenvalue weighted by atomic mass is 10.1. The molecule has 0 aliphatic heterocycles. The van der Waals surface area contributed by atoms with Crippen molar-refractivity contribution in [2.45, 2.75) is 38.2 Å². The molecule has 1 atom stereocenters. The van der Waals surface area contributed by atoms with Crippen LogP contribution in [0.3, 0.4) is 0 Å². The maximum Gasteiger partial charge on any atom is 0.387 e. The van der Waals surface area contributed by atoms with Crippen LogP contribution in [0.5, 0.6) is 5.75 Å². The molecule has 0 spiro atoms. The molecule has 108 valence electrons. The molecular formula is C14H21F2NOS. The molecule has 1 aromatic rings. The molecule has 0 aromatic heterocycles. The Kier molecular flexibility index (Phi) is 6.07. The van der Waals surface area contributed by atoms with Gasteiger partial charge in [0.15, 0.2) is 0 Å². The predicted molar refractivity (Wildman–Crippen MR) is 77.1 cm³/mol. The quantitative estimate of drug-likeness (QED) is 0.817. The average Bonchev–Trinajstić information content (AvgIpc) is 2.36. The van der Waals surface area contributed by atoms with Gasteiger partial charge >= 0.3 is 6.61 Å². The van der Waals surface area contributed by atoms with E-state index in [0.717, 1.165) is 12.1 Å². The van der Waals surface area contributed by atoms with Crippen LogP contribution in [0, 0.1) is 0 Å². The van der Waals surface area contributed by atoms with Crippen molar-refractivity contribution in [1.82, 2.24) is 5.32 Å². The summed E-state index contributed by atoms with van der Waals surface area (Å²) in [6, 6.07) is 6.85. The third-order valence-electron chi connectivity index (χ3n) is 2.99. The van der Waals surface area contributed by atoms with Crippen molar-refractivity contribution >= 4 is 11.8 Å². The van der Waals surface area contributed by atoms with E-state index in [1.54, 1.807) is 23.9 Å². The maximum absolute atomic E-state index is 12.3. The van der Waals surface area contributed by atoms with E-state index in [1.165, 1.54) is 0 Å². The molecular weight excluding hydrogens is 268 g/mol. The molecule has 0 amide bonds. The van der Waals surface area contributed by atoms with Crippen molar-refractivity contribution in [1.29, 1.82) is 0 Å². The lowest BCUT2D eigenvalue weighted by Crippen LogP contribution is -2.33. The van der Waals surface area contributed by atoms with Gasteiger partial charge in [0.1, 0.15) is 5.75 Å². The summed E-state index contributed by atoms with van der Waals surface area (Å²) in [6.07, 6.45) is 2.06. The van der Waals surface area contributed by atoms with Gasteiger partial charge in [-0.25, -0.2) is 0 Å². The SMILES string of the molecule is CSC(C)(C)CNC(C)c1ccccc1OC(F)F. The lowest BCUT2D eigenvalue weighted by molar-refractivity contribution is -0.0506. The van der Waals surface area contributed by atoms with Gasteiger partial charge in [-0.05, 0) is 33.1 Å². The van der Waals surface area contributed by atoms with Gasteiger partial charge in [-0.15, -0.1) is 0 Å². The molecule has 1 aromatic carbocycles. The highest BCUT2D eigenvalue weighted by molar-refractivity contribution is 7.99. The van der Waals surface area contributed by atoms with Gasteiger partial charge in [-0.1, -0.05) is 18.2 Å². The maximum atomic E-state index is 12.3. The minimum Gasteiger partial charge on any atom is -0.434 e. The number of rotatable bonds is 7. The van der Waals surface area contributed by atoms with E-state index in [1.807, 2.05) is 19.1 Å². The van der Waals surface area contributed by atoms with Crippen LogP contribution in [0.1, 0.15) is 32.4 Å². The number of thioether (sulfide) groups is 1. The highest BCUT2D eigenvalue weighted by Crippen LogP contribution is 2.27. The van der Waals surface area contributed by atoms with Crippen LogP contribution in [0.15, 0.2) is 24.3 Å². The lowest BCUT2D eigenvalue weighted by Gasteiger charge is -2.26. The number of benzene rings is 1. The van der Waals surface area contributed by atoms with E-state index in [-0.39, 0.29) is 16.5 Å². The van der Waals surface area contributed by atoms with E-state index >= 15 is 0 Å². The van der Waals surface area contributed by atoms with Crippen LogP contribution < -0.4 is 10.1 Å². The van der Waals surface area contributed by atoms with Gasteiger partial charge in [0, 0.05) is 22.9 Å². The summed E-state index contributed by atoms with van der Waals surface area (Å²) in [7, 11) is 0. The van der Waals surface area contributed by atoms with E-state index in [4.69, 9.17) is 0 Å². The Labute approximate surface area is 117 Å². The van der Waals surface area contributed by atoms with Crippen LogP contribution in [-0.4, -0.2) is 24.2 Å². The van der Waals surface area contributed by atoms with Gasteiger partial charge in [-0.3, -0.25) is 0 Å². The molecule has 2 nitrogen and oxygen atoms in total. The second-order valence-electron chi connectivity index (χ2n) is 4.98. The van der Waals surface area contributed by atoms with Crippen LogP contribution in [0.4, 0.5) is 8.78 Å². The number of ether oxygens (including phenoxy) is 1. The molecule has 0 saturated heterocycles. The summed E-state index contributed by atoms with van der Waals surface area (Å²) in [6.45, 7) is 4.22. The fourth-order valence-corrected chi connectivity index (χ4v) is 1.85. The van der Waals surface area contributed by atoms with Crippen molar-refractivity contribution in [3.05, 3.63) is 29.8 Å². The summed E-state index contributed by atoms with van der Waals surface area (Å²) < 4.78 is 29.3. The average molecular weight is 289 g/mol. The Morgan fingerprint density at radius 1 is 1.32 bits per heavy atom. The normalized spacial score (nSPS) is 13.6. The van der Waals surface area contributed by atoms with Crippen molar-refractivity contribution in [3.8, 4) is 5.75 Å². The number of alkyl halides is 2. The second-order valence-corrected chi connectivity index (χ2v) is 6.50. The summed E-state index contributed by atoms with van der Waals surface area (Å²) in [5.41, 5.74) is 0.750. The van der Waals surface area contributed by atoms with Gasteiger partial charge < -0.3 is 10.1 Å². The molecule has 1 unspecified atom stereocenters. The fourth-order valence-electron chi connectivity index (χ4n) is 1.62. The van der Waals surface area contributed by atoms with Gasteiger partial charge in [0.05, 0.1) is 0 Å². The predicted octanol–water partition coefficient (Wildman–Crippen LogP) is 4.08. The summed E-state index contributed by atoms with van der Waals surface area (Å²) in [4.78, 5) is 0. The van der Waals surface area contributed by atoms with Crippen LogP contribution in [0.25, 0.3) is 0 Å². The number of para-hydroxylation sites is 1. The molecule has 0 aliphatic rings. The molecule has 19 heavy (non-hydrogen) atoms. The van der Waals surface area contributed by atoms with Gasteiger partial charge in [0.2, 0.25) is 0 Å². The molecule has 0 aliphatic carbocycles. The number of hydrogen-bond donors (Lipinski definition) is 1. The topological polar surface area (TPSA) is 21.3 Å². The van der Waals surface area contributed by atoms with E-state index in [9.17, 15) is 8.78 Å². The van der Waals surface area contributed by atoms with E-state index < -0.39 is 6.61 Å². The summed E-state index contributed by atoms with van der Waals surface area (Å²) >= 11 is 1.77. The van der Waals surface area contributed by atoms with Gasteiger partial charge in [0.25, 0.3) is 0 Å². The van der Waals surface area contributed by atoms with E-state index in [0.29, 0.717) is 0 Å². The first-order chi connectivity index (χ1) is 8.85. The minimum absolute atomic E-state index is 0.0404. The molecule has 1 N–H and O–H groups in total. The second kappa shape index (κ2) is 7.10. The zero-order valence-corrected chi connectivity index (χ0v) is 12.6. The molecule has 1 rings (SSSR count). The van der Waals surface area contributed by atoms with Crippen LogP contribution >= 0.6 is 11.8 Å². The Morgan fingerprint density at radius 2 is 1.95 bits per heavy atom. The third-order valence-corrected chi connectivity index (χ3v) is 4.24. The Bertz CT molecular complexity index is 399. The van der Waals surface area contributed by atoms with Crippen molar-refractivity contribution < 1.29 is 13.5 Å². The van der Waals surface area contributed by atoms with E-state index in [2.05, 4.69) is 30.2 Å². The first-order valence-corrected chi connectivity index (χ1v) is 7.40. The monoisotopic (exact) mass is 289 g/mol. The third kappa shape index (κ3) is 5.37. The fraction of sp³-hybridized carbons (Fsp3) is 0.571. The van der Waals surface area contributed by atoms with Crippen molar-refractivity contribution in [2.75, 3.05) is 12.8 Å². The first-order valence-electron chi connectivity index (χ1n) is 6.18. The number of hydrogen-bond acceptors (Lipinski definition) is 3. The summed E-state index contributed by atoms with van der Waals surface area (Å²) in [5, 5.41) is 3.36. The highest BCUT2D eigenvalue weighted by Gasteiger charge is 2.19. The highest BCUT2D eigenvalue weighted by atomic mass is 32.2. The molecule has 0 saturated carbocycles. The molecule has 5 heteroatoms. The smallest absolute Gasteiger partial charge is 0.387 e. The van der Waals surface area contributed by atoms with Crippen LogP contribution in [0.2, 0.25) is 0 Å². The summed E-state index contributed by atoms with van der Waals surface area (Å²) in [5.74, 6) is 0.236. The van der Waals surface area contributed by atoms with Crippen molar-refractivity contribution in [2.24, 2.45) is 0 Å². The largest absolute Gasteiger partial charge is 0.434 e. The molecule has 0 bridgehead atoms. The standard InChI is InChI=1S/C14H21F2NOS/c1-10(17-9-14(2,3)19-4)11-7-5-6-8-12(11)18-13(15)16/h5-8,10,13,17H,9H2,1-4H3. The number of halogens is 2. The first kappa shape index (κ1) is 16.2. The minimum atomic E-state index is -2.80. The molecule has 0 fully saturated rings. The Morgan fingerprint density at radius 3 is 2.53 bits per heavy atom. The zero-order chi connectivity index (χ0) is 14.5. The molecule has 0 radical (unpaired) electrons. The van der Waals surface area contributed by atoms with Crippen LogP contribution in [-0.2, 0) is 0 Å². The Hall–Kier alpha value is -0.810. The Balaban J connectivity index is 2.73. The van der Waals surface area contributed by atoms with Gasteiger partial charge in [-0.2, -0.15) is 20.5 Å². The molecule has 0 heterocycles. The zero-order valence-electron chi connectivity index (χ0n) is 11.7.